The van der Waals surface area contributed by atoms with Gasteiger partial charge >= 0.3 is 0 Å². The van der Waals surface area contributed by atoms with Crippen LogP contribution in [0, 0.1) is 0 Å². The second kappa shape index (κ2) is 5.91. The van der Waals surface area contributed by atoms with E-state index in [-0.39, 0.29) is 13.2 Å². The molecule has 1 saturated carbocycles. The lowest BCUT2D eigenvalue weighted by molar-refractivity contribution is -0.0343. The Bertz CT molecular complexity index is 400. The smallest absolute Gasteiger partial charge is 0.126 e. The summed E-state index contributed by atoms with van der Waals surface area (Å²) in [7, 11) is 0. The van der Waals surface area contributed by atoms with Crippen molar-refractivity contribution in [3.05, 3.63) is 28.8 Å². The molecule has 1 aliphatic rings. The number of aliphatic hydroxyl groups is 2. The van der Waals surface area contributed by atoms with Gasteiger partial charge in [-0.05, 0) is 25.0 Å². The first-order chi connectivity index (χ1) is 8.64. The standard InChI is InChI=1S/C14H19ClO3/c15-12-5-4-6-13(11(12)9-16)18-10-14(17)7-2-1-3-8-14/h4-6,16-17H,1-3,7-10H2. The van der Waals surface area contributed by atoms with E-state index in [0.29, 0.717) is 16.3 Å². The second-order valence-electron chi connectivity index (χ2n) is 4.95. The van der Waals surface area contributed by atoms with Crippen molar-refractivity contribution in [2.75, 3.05) is 6.61 Å². The van der Waals surface area contributed by atoms with E-state index in [0.717, 1.165) is 25.7 Å². The zero-order valence-corrected chi connectivity index (χ0v) is 11.1. The minimum absolute atomic E-state index is 0.159. The monoisotopic (exact) mass is 270 g/mol. The third-order valence-electron chi connectivity index (χ3n) is 3.51. The second-order valence-corrected chi connectivity index (χ2v) is 5.36. The van der Waals surface area contributed by atoms with Crippen LogP contribution in [0.4, 0.5) is 0 Å². The molecule has 100 valence electrons. The van der Waals surface area contributed by atoms with Crippen LogP contribution in [-0.4, -0.2) is 22.4 Å². The first kappa shape index (κ1) is 13.7. The lowest BCUT2D eigenvalue weighted by Gasteiger charge is -2.32. The van der Waals surface area contributed by atoms with Crippen LogP contribution < -0.4 is 4.74 Å². The van der Waals surface area contributed by atoms with Crippen LogP contribution in [0.15, 0.2) is 18.2 Å². The molecule has 0 aliphatic heterocycles. The zero-order chi connectivity index (χ0) is 13.0. The fourth-order valence-electron chi connectivity index (χ4n) is 2.39. The molecular formula is C14H19ClO3. The van der Waals surface area contributed by atoms with Crippen molar-refractivity contribution < 1.29 is 14.9 Å². The topological polar surface area (TPSA) is 49.7 Å². The Morgan fingerprint density at radius 2 is 1.94 bits per heavy atom. The summed E-state index contributed by atoms with van der Waals surface area (Å²) in [5, 5.41) is 20.1. The van der Waals surface area contributed by atoms with Gasteiger partial charge in [0.25, 0.3) is 0 Å². The molecule has 0 amide bonds. The van der Waals surface area contributed by atoms with E-state index in [1.165, 1.54) is 6.42 Å². The first-order valence-electron chi connectivity index (χ1n) is 6.38. The Morgan fingerprint density at radius 1 is 1.22 bits per heavy atom. The molecule has 0 unspecified atom stereocenters. The van der Waals surface area contributed by atoms with E-state index in [4.69, 9.17) is 16.3 Å². The summed E-state index contributed by atoms with van der Waals surface area (Å²) in [6, 6.07) is 5.26. The van der Waals surface area contributed by atoms with Crippen LogP contribution in [0.25, 0.3) is 0 Å². The summed E-state index contributed by atoms with van der Waals surface area (Å²) >= 11 is 5.98. The van der Waals surface area contributed by atoms with Crippen LogP contribution >= 0.6 is 11.6 Å². The van der Waals surface area contributed by atoms with Crippen LogP contribution in [0.1, 0.15) is 37.7 Å². The molecule has 4 heteroatoms. The number of benzene rings is 1. The number of halogens is 1. The average molecular weight is 271 g/mol. The Kier molecular flexibility index (Phi) is 4.49. The molecule has 3 nitrogen and oxygen atoms in total. The van der Waals surface area contributed by atoms with E-state index in [9.17, 15) is 10.2 Å². The largest absolute Gasteiger partial charge is 0.490 e. The highest BCUT2D eigenvalue weighted by Gasteiger charge is 2.30. The Morgan fingerprint density at radius 3 is 2.61 bits per heavy atom. The van der Waals surface area contributed by atoms with Gasteiger partial charge in [-0.2, -0.15) is 0 Å². The van der Waals surface area contributed by atoms with Crippen molar-refractivity contribution in [1.82, 2.24) is 0 Å². The van der Waals surface area contributed by atoms with Gasteiger partial charge < -0.3 is 14.9 Å². The molecule has 0 spiro atoms. The first-order valence-corrected chi connectivity index (χ1v) is 6.76. The molecule has 1 aromatic carbocycles. The minimum Gasteiger partial charge on any atom is -0.490 e. The normalized spacial score (nSPS) is 18.6. The van der Waals surface area contributed by atoms with Crippen molar-refractivity contribution in [3.63, 3.8) is 0 Å². The van der Waals surface area contributed by atoms with Crippen molar-refractivity contribution >= 4 is 11.6 Å². The summed E-state index contributed by atoms with van der Waals surface area (Å²) in [6.45, 7) is 0.105. The van der Waals surface area contributed by atoms with Gasteiger partial charge in [0, 0.05) is 10.6 Å². The lowest BCUT2D eigenvalue weighted by atomic mass is 9.85. The van der Waals surface area contributed by atoms with Gasteiger partial charge in [-0.3, -0.25) is 0 Å². The minimum atomic E-state index is -0.729. The van der Waals surface area contributed by atoms with E-state index in [1.807, 2.05) is 0 Å². The highest BCUT2D eigenvalue weighted by atomic mass is 35.5. The van der Waals surface area contributed by atoms with E-state index in [2.05, 4.69) is 0 Å². The molecule has 2 N–H and O–H groups in total. The van der Waals surface area contributed by atoms with Gasteiger partial charge in [0.15, 0.2) is 0 Å². The summed E-state index contributed by atoms with van der Waals surface area (Å²) < 4.78 is 5.66. The maximum atomic E-state index is 10.3. The zero-order valence-electron chi connectivity index (χ0n) is 10.4. The number of aliphatic hydroxyl groups excluding tert-OH is 1. The van der Waals surface area contributed by atoms with Crippen LogP contribution in [-0.2, 0) is 6.61 Å². The van der Waals surface area contributed by atoms with Gasteiger partial charge in [-0.1, -0.05) is 36.9 Å². The predicted molar refractivity (Wildman–Crippen MR) is 70.9 cm³/mol. The van der Waals surface area contributed by atoms with Gasteiger partial charge in [-0.25, -0.2) is 0 Å². The molecule has 0 bridgehead atoms. The maximum Gasteiger partial charge on any atom is 0.126 e. The van der Waals surface area contributed by atoms with Gasteiger partial charge in [0.1, 0.15) is 12.4 Å². The van der Waals surface area contributed by atoms with Crippen molar-refractivity contribution in [2.24, 2.45) is 0 Å². The molecule has 0 saturated heterocycles. The molecule has 0 heterocycles. The molecule has 0 aromatic heterocycles. The van der Waals surface area contributed by atoms with E-state index in [1.54, 1.807) is 18.2 Å². The fourth-order valence-corrected chi connectivity index (χ4v) is 2.62. The molecular weight excluding hydrogens is 252 g/mol. The third-order valence-corrected chi connectivity index (χ3v) is 3.87. The number of ether oxygens (including phenoxy) is 1. The molecule has 1 fully saturated rings. The third kappa shape index (κ3) is 3.16. The maximum absolute atomic E-state index is 10.3. The van der Waals surface area contributed by atoms with Crippen molar-refractivity contribution in [2.45, 2.75) is 44.3 Å². The molecule has 1 aromatic rings. The average Bonchev–Trinajstić information content (AvgIpc) is 2.37. The Labute approximate surface area is 112 Å². The van der Waals surface area contributed by atoms with Crippen molar-refractivity contribution in [1.29, 1.82) is 0 Å². The summed E-state index contributed by atoms with van der Waals surface area (Å²) in [5.74, 6) is 0.559. The summed E-state index contributed by atoms with van der Waals surface area (Å²) in [4.78, 5) is 0. The summed E-state index contributed by atoms with van der Waals surface area (Å²) in [5.41, 5.74) is -0.147. The van der Waals surface area contributed by atoms with Gasteiger partial charge in [-0.15, -0.1) is 0 Å². The SMILES string of the molecule is OCc1c(Cl)cccc1OCC1(O)CCCCC1. The van der Waals surface area contributed by atoms with Crippen LogP contribution in [0.2, 0.25) is 5.02 Å². The van der Waals surface area contributed by atoms with Crippen LogP contribution in [0.5, 0.6) is 5.75 Å². The highest BCUT2D eigenvalue weighted by Crippen LogP contribution is 2.31. The van der Waals surface area contributed by atoms with Crippen molar-refractivity contribution in [3.8, 4) is 5.75 Å². The van der Waals surface area contributed by atoms with E-state index < -0.39 is 5.60 Å². The molecule has 1 aliphatic carbocycles. The molecule has 0 atom stereocenters. The van der Waals surface area contributed by atoms with Gasteiger partial charge in [0.2, 0.25) is 0 Å². The van der Waals surface area contributed by atoms with Gasteiger partial charge in [0.05, 0.1) is 12.2 Å². The number of hydrogen-bond donors (Lipinski definition) is 2. The molecule has 0 radical (unpaired) electrons. The highest BCUT2D eigenvalue weighted by molar-refractivity contribution is 6.31. The Balaban J connectivity index is 2.03. The molecule has 2 rings (SSSR count). The quantitative estimate of drug-likeness (QED) is 0.884. The molecule has 18 heavy (non-hydrogen) atoms. The fraction of sp³-hybridized carbons (Fsp3) is 0.571. The lowest BCUT2D eigenvalue weighted by Crippen LogP contribution is -2.38. The van der Waals surface area contributed by atoms with E-state index >= 15 is 0 Å². The van der Waals surface area contributed by atoms with Crippen LogP contribution in [0.3, 0.4) is 0 Å². The number of rotatable bonds is 4. The predicted octanol–water partition coefficient (Wildman–Crippen LogP) is 2.91. The summed E-state index contributed by atoms with van der Waals surface area (Å²) in [6.07, 6.45) is 4.83. The Hall–Kier alpha value is -0.770. The number of hydrogen-bond acceptors (Lipinski definition) is 3.